The van der Waals surface area contributed by atoms with Gasteiger partial charge < -0.3 is 5.32 Å². The molecule has 0 saturated carbocycles. The van der Waals surface area contributed by atoms with Gasteiger partial charge in [0, 0.05) is 10.6 Å². The van der Waals surface area contributed by atoms with Crippen molar-refractivity contribution in [1.29, 1.82) is 0 Å². The molecule has 2 aromatic carbocycles. The number of nitrogens with one attached hydrogen (secondary N) is 1. The van der Waals surface area contributed by atoms with Gasteiger partial charge in [-0.1, -0.05) is 30.3 Å². The highest BCUT2D eigenvalue weighted by Crippen LogP contribution is 2.34. The summed E-state index contributed by atoms with van der Waals surface area (Å²) in [5.41, 5.74) is 4.19. The van der Waals surface area contributed by atoms with Crippen LogP contribution in [0.4, 0.5) is 5.69 Å². The lowest BCUT2D eigenvalue weighted by atomic mass is 10.1. The molecule has 92 valence electrons. The van der Waals surface area contributed by atoms with Crippen LogP contribution in [0, 0.1) is 0 Å². The molecule has 2 aromatic rings. The van der Waals surface area contributed by atoms with E-state index in [4.69, 9.17) is 0 Å². The molecule has 1 aliphatic rings. The molecule has 1 aliphatic carbocycles. The van der Waals surface area contributed by atoms with Gasteiger partial charge in [-0.05, 0) is 48.4 Å². The molecular weight excluding hydrogens is 238 g/mol. The minimum Gasteiger partial charge on any atom is -0.378 e. The van der Waals surface area contributed by atoms with Crippen molar-refractivity contribution in [2.24, 2.45) is 0 Å². The Morgan fingerprint density at radius 1 is 1.11 bits per heavy atom. The van der Waals surface area contributed by atoms with Gasteiger partial charge in [0.25, 0.3) is 0 Å². The molecule has 0 amide bonds. The summed E-state index contributed by atoms with van der Waals surface area (Å²) in [6.07, 6.45) is 4.50. The van der Waals surface area contributed by atoms with Crippen molar-refractivity contribution < 1.29 is 0 Å². The lowest BCUT2D eigenvalue weighted by Crippen LogP contribution is -2.06. The van der Waals surface area contributed by atoms with E-state index in [0.717, 1.165) is 0 Å². The molecule has 1 nitrogen and oxygen atoms in total. The molecule has 0 aliphatic heterocycles. The molecule has 1 unspecified atom stereocenters. The largest absolute Gasteiger partial charge is 0.378 e. The first-order chi connectivity index (χ1) is 8.86. The van der Waals surface area contributed by atoms with Crippen LogP contribution >= 0.6 is 11.8 Å². The maximum Gasteiger partial charge on any atom is 0.0519 e. The van der Waals surface area contributed by atoms with Crippen LogP contribution in [0.2, 0.25) is 0 Å². The first-order valence-electron chi connectivity index (χ1n) is 6.35. The van der Waals surface area contributed by atoms with E-state index in [9.17, 15) is 0 Å². The molecule has 1 atom stereocenters. The van der Waals surface area contributed by atoms with E-state index in [2.05, 4.69) is 60.1 Å². The summed E-state index contributed by atoms with van der Waals surface area (Å²) >= 11 is 1.79. The van der Waals surface area contributed by atoms with Crippen LogP contribution in [0.25, 0.3) is 0 Å². The van der Waals surface area contributed by atoms with Gasteiger partial charge in [0.15, 0.2) is 0 Å². The molecule has 0 fully saturated rings. The Balaban J connectivity index is 1.82. The Morgan fingerprint density at radius 2 is 2.00 bits per heavy atom. The van der Waals surface area contributed by atoms with E-state index < -0.39 is 0 Å². The highest BCUT2D eigenvalue weighted by Gasteiger charge is 2.21. The fourth-order valence-electron chi connectivity index (χ4n) is 2.62. The van der Waals surface area contributed by atoms with Crippen molar-refractivity contribution in [3.05, 3.63) is 59.7 Å². The van der Waals surface area contributed by atoms with Gasteiger partial charge in [-0.2, -0.15) is 0 Å². The predicted octanol–water partition coefficient (Wildman–Crippen LogP) is 4.51. The third kappa shape index (κ3) is 2.25. The zero-order chi connectivity index (χ0) is 12.4. The maximum absolute atomic E-state index is 3.66. The molecule has 0 spiro atoms. The Morgan fingerprint density at radius 3 is 2.89 bits per heavy atom. The highest BCUT2D eigenvalue weighted by atomic mass is 32.2. The SMILES string of the molecule is CSc1cccc(NC2CCc3ccccc32)c1. The average molecular weight is 255 g/mol. The number of thioether (sulfide) groups is 1. The van der Waals surface area contributed by atoms with Crippen LogP contribution < -0.4 is 5.32 Å². The number of fused-ring (bicyclic) bond motifs is 1. The highest BCUT2D eigenvalue weighted by molar-refractivity contribution is 7.98. The summed E-state index contributed by atoms with van der Waals surface area (Å²) in [6.45, 7) is 0. The second-order valence-corrected chi connectivity index (χ2v) is 5.55. The number of aryl methyl sites for hydroxylation is 1. The normalized spacial score (nSPS) is 17.5. The average Bonchev–Trinajstić information content (AvgIpc) is 2.83. The van der Waals surface area contributed by atoms with Gasteiger partial charge in [-0.25, -0.2) is 0 Å². The molecule has 2 heteroatoms. The van der Waals surface area contributed by atoms with E-state index in [0.29, 0.717) is 6.04 Å². The van der Waals surface area contributed by atoms with Crippen molar-refractivity contribution in [3.8, 4) is 0 Å². The van der Waals surface area contributed by atoms with Crippen LogP contribution in [-0.2, 0) is 6.42 Å². The zero-order valence-electron chi connectivity index (χ0n) is 10.5. The van der Waals surface area contributed by atoms with Gasteiger partial charge in [0.05, 0.1) is 6.04 Å². The molecule has 18 heavy (non-hydrogen) atoms. The first-order valence-corrected chi connectivity index (χ1v) is 7.57. The van der Waals surface area contributed by atoms with Crippen LogP contribution in [0.1, 0.15) is 23.6 Å². The Labute approximate surface area is 113 Å². The second-order valence-electron chi connectivity index (χ2n) is 4.67. The van der Waals surface area contributed by atoms with Crippen LogP contribution in [-0.4, -0.2) is 6.26 Å². The van der Waals surface area contributed by atoms with Crippen molar-refractivity contribution in [2.75, 3.05) is 11.6 Å². The topological polar surface area (TPSA) is 12.0 Å². The summed E-state index contributed by atoms with van der Waals surface area (Å²) in [6, 6.07) is 17.9. The Bertz CT molecular complexity index is 550. The molecule has 0 radical (unpaired) electrons. The number of benzene rings is 2. The van der Waals surface area contributed by atoms with Gasteiger partial charge in [0.2, 0.25) is 0 Å². The summed E-state index contributed by atoms with van der Waals surface area (Å²) in [5, 5.41) is 3.66. The number of hydrogen-bond acceptors (Lipinski definition) is 2. The van der Waals surface area contributed by atoms with Crippen LogP contribution in [0.5, 0.6) is 0 Å². The van der Waals surface area contributed by atoms with E-state index in [1.54, 1.807) is 11.8 Å². The summed E-state index contributed by atoms with van der Waals surface area (Å²) in [5.74, 6) is 0. The Hall–Kier alpha value is -1.41. The van der Waals surface area contributed by atoms with Crippen molar-refractivity contribution in [2.45, 2.75) is 23.8 Å². The smallest absolute Gasteiger partial charge is 0.0519 e. The summed E-state index contributed by atoms with van der Waals surface area (Å²) < 4.78 is 0. The van der Waals surface area contributed by atoms with Crippen molar-refractivity contribution in [1.82, 2.24) is 0 Å². The summed E-state index contributed by atoms with van der Waals surface area (Å²) in [4.78, 5) is 1.31. The molecule has 0 bridgehead atoms. The fourth-order valence-corrected chi connectivity index (χ4v) is 3.08. The van der Waals surface area contributed by atoms with Crippen molar-refractivity contribution >= 4 is 17.4 Å². The lowest BCUT2D eigenvalue weighted by Gasteiger charge is -2.16. The Kier molecular flexibility index (Phi) is 3.28. The number of anilines is 1. The molecule has 1 N–H and O–H groups in total. The monoisotopic (exact) mass is 255 g/mol. The van der Waals surface area contributed by atoms with Gasteiger partial charge in [-0.15, -0.1) is 11.8 Å². The number of hydrogen-bond donors (Lipinski definition) is 1. The molecule has 0 heterocycles. The molecular formula is C16H17NS. The van der Waals surface area contributed by atoms with Crippen molar-refractivity contribution in [3.63, 3.8) is 0 Å². The third-order valence-electron chi connectivity index (χ3n) is 3.54. The molecule has 3 rings (SSSR count). The number of rotatable bonds is 3. The minimum absolute atomic E-state index is 0.471. The van der Waals surface area contributed by atoms with Gasteiger partial charge in [0.1, 0.15) is 0 Å². The molecule has 0 saturated heterocycles. The first kappa shape index (κ1) is 11.7. The minimum atomic E-state index is 0.471. The third-order valence-corrected chi connectivity index (χ3v) is 4.27. The fraction of sp³-hybridized carbons (Fsp3) is 0.250. The van der Waals surface area contributed by atoms with Gasteiger partial charge >= 0.3 is 0 Å². The maximum atomic E-state index is 3.66. The standard InChI is InChI=1S/C16H17NS/c1-18-14-7-4-6-13(11-14)17-16-10-9-12-5-2-3-8-15(12)16/h2-8,11,16-17H,9-10H2,1H3. The van der Waals surface area contributed by atoms with E-state index >= 15 is 0 Å². The predicted molar refractivity (Wildman–Crippen MR) is 79.3 cm³/mol. The quantitative estimate of drug-likeness (QED) is 0.810. The van der Waals surface area contributed by atoms with Crippen LogP contribution in [0.15, 0.2) is 53.4 Å². The van der Waals surface area contributed by atoms with Gasteiger partial charge in [-0.3, -0.25) is 0 Å². The summed E-state index contributed by atoms with van der Waals surface area (Å²) in [7, 11) is 0. The molecule has 0 aromatic heterocycles. The van der Waals surface area contributed by atoms with E-state index in [1.807, 2.05) is 0 Å². The lowest BCUT2D eigenvalue weighted by molar-refractivity contribution is 0.762. The second kappa shape index (κ2) is 5.07. The zero-order valence-corrected chi connectivity index (χ0v) is 11.3. The van der Waals surface area contributed by atoms with Crippen LogP contribution in [0.3, 0.4) is 0 Å². The van der Waals surface area contributed by atoms with E-state index in [-0.39, 0.29) is 0 Å². The van der Waals surface area contributed by atoms with E-state index in [1.165, 1.54) is 34.6 Å².